The van der Waals surface area contributed by atoms with Crippen molar-refractivity contribution in [2.75, 3.05) is 11.6 Å². The molecule has 3 nitrogen and oxygen atoms in total. The van der Waals surface area contributed by atoms with E-state index >= 15 is 0 Å². The molecule has 0 amide bonds. The van der Waals surface area contributed by atoms with Crippen LogP contribution in [0, 0.1) is 0 Å². The Labute approximate surface area is 108 Å². The molecule has 1 aromatic heterocycles. The van der Waals surface area contributed by atoms with Crippen LogP contribution in [-0.2, 0) is 6.42 Å². The minimum Gasteiger partial charge on any atom is -0.367 e. The van der Waals surface area contributed by atoms with E-state index in [0.29, 0.717) is 6.04 Å². The van der Waals surface area contributed by atoms with Gasteiger partial charge in [-0.05, 0) is 31.9 Å². The van der Waals surface area contributed by atoms with Crippen LogP contribution < -0.4 is 5.32 Å². The van der Waals surface area contributed by atoms with E-state index in [4.69, 9.17) is 0 Å². The fourth-order valence-corrected chi connectivity index (χ4v) is 3.20. The second kappa shape index (κ2) is 6.24. The molecule has 1 heterocycles. The number of nitrogens with zero attached hydrogens (tertiary/aromatic N) is 2. The van der Waals surface area contributed by atoms with E-state index in [9.17, 15) is 0 Å². The van der Waals surface area contributed by atoms with Crippen LogP contribution >= 0.6 is 11.8 Å². The van der Waals surface area contributed by atoms with Crippen molar-refractivity contribution in [2.45, 2.75) is 50.3 Å². The molecule has 1 aromatic rings. The SMILES string of the molecule is CCc1cc(NC2CCCC(SC)C2)ncn1. The fraction of sp³-hybridized carbons (Fsp3) is 0.692. The summed E-state index contributed by atoms with van der Waals surface area (Å²) in [5.74, 6) is 0.989. The van der Waals surface area contributed by atoms with Gasteiger partial charge in [-0.1, -0.05) is 13.3 Å². The van der Waals surface area contributed by atoms with Crippen molar-refractivity contribution in [1.82, 2.24) is 9.97 Å². The number of hydrogen-bond donors (Lipinski definition) is 1. The maximum absolute atomic E-state index is 4.30. The molecule has 17 heavy (non-hydrogen) atoms. The summed E-state index contributed by atoms with van der Waals surface area (Å²) in [6.45, 7) is 2.12. The van der Waals surface area contributed by atoms with Crippen LogP contribution in [0.1, 0.15) is 38.3 Å². The molecule has 4 heteroatoms. The molecule has 94 valence electrons. The molecule has 1 aliphatic rings. The first kappa shape index (κ1) is 12.7. The Morgan fingerprint density at radius 1 is 1.41 bits per heavy atom. The molecule has 2 rings (SSSR count). The fourth-order valence-electron chi connectivity index (χ4n) is 2.37. The molecule has 1 fully saturated rings. The van der Waals surface area contributed by atoms with Gasteiger partial charge in [0.1, 0.15) is 12.1 Å². The molecule has 0 radical (unpaired) electrons. The number of nitrogens with one attached hydrogen (secondary N) is 1. The van der Waals surface area contributed by atoms with E-state index in [0.717, 1.165) is 23.2 Å². The molecular weight excluding hydrogens is 230 g/mol. The van der Waals surface area contributed by atoms with Crippen LogP contribution in [0.4, 0.5) is 5.82 Å². The van der Waals surface area contributed by atoms with Gasteiger partial charge in [-0.2, -0.15) is 11.8 Å². The lowest BCUT2D eigenvalue weighted by atomic mass is 9.95. The molecule has 1 saturated carbocycles. The topological polar surface area (TPSA) is 37.8 Å². The van der Waals surface area contributed by atoms with Crippen LogP contribution in [0.3, 0.4) is 0 Å². The summed E-state index contributed by atoms with van der Waals surface area (Å²) in [6, 6.07) is 2.66. The molecule has 2 unspecified atom stereocenters. The second-order valence-electron chi connectivity index (χ2n) is 4.61. The molecule has 0 aliphatic heterocycles. The molecule has 2 atom stereocenters. The standard InChI is InChI=1S/C13H21N3S/c1-3-10-8-13(15-9-14-10)16-11-5-4-6-12(7-11)17-2/h8-9,11-12H,3-7H2,1-2H3,(H,14,15,16). The average Bonchev–Trinajstić information content (AvgIpc) is 2.39. The van der Waals surface area contributed by atoms with Gasteiger partial charge < -0.3 is 5.32 Å². The molecule has 0 aromatic carbocycles. The highest BCUT2D eigenvalue weighted by Gasteiger charge is 2.21. The lowest BCUT2D eigenvalue weighted by Gasteiger charge is -2.29. The van der Waals surface area contributed by atoms with Gasteiger partial charge in [-0.15, -0.1) is 0 Å². The summed E-state index contributed by atoms with van der Waals surface area (Å²) < 4.78 is 0. The van der Waals surface area contributed by atoms with Crippen LogP contribution in [0.5, 0.6) is 0 Å². The first-order valence-corrected chi connectivity index (χ1v) is 7.71. The van der Waals surface area contributed by atoms with E-state index in [2.05, 4.69) is 34.5 Å². The van der Waals surface area contributed by atoms with Crippen molar-refractivity contribution in [2.24, 2.45) is 0 Å². The summed E-state index contributed by atoms with van der Waals surface area (Å²) >= 11 is 1.99. The Hall–Kier alpha value is -0.770. The Bertz CT molecular complexity index is 356. The first-order chi connectivity index (χ1) is 8.31. The van der Waals surface area contributed by atoms with E-state index in [1.54, 1.807) is 6.33 Å². The molecule has 0 saturated heterocycles. The zero-order valence-electron chi connectivity index (χ0n) is 10.6. The van der Waals surface area contributed by atoms with Gasteiger partial charge in [0.25, 0.3) is 0 Å². The molecule has 1 aliphatic carbocycles. The molecule has 0 bridgehead atoms. The third-order valence-electron chi connectivity index (χ3n) is 3.40. The number of anilines is 1. The van der Waals surface area contributed by atoms with E-state index < -0.39 is 0 Å². The lowest BCUT2D eigenvalue weighted by molar-refractivity contribution is 0.472. The van der Waals surface area contributed by atoms with E-state index in [1.807, 2.05) is 11.8 Å². The second-order valence-corrected chi connectivity index (χ2v) is 5.75. The van der Waals surface area contributed by atoms with Crippen molar-refractivity contribution in [3.8, 4) is 0 Å². The maximum Gasteiger partial charge on any atom is 0.129 e. The van der Waals surface area contributed by atoms with Gasteiger partial charge in [0.2, 0.25) is 0 Å². The maximum atomic E-state index is 4.30. The average molecular weight is 251 g/mol. The summed E-state index contributed by atoms with van der Waals surface area (Å²) in [6.07, 6.45) is 10.1. The van der Waals surface area contributed by atoms with Gasteiger partial charge >= 0.3 is 0 Å². The smallest absolute Gasteiger partial charge is 0.129 e. The van der Waals surface area contributed by atoms with Crippen LogP contribution in [0.2, 0.25) is 0 Å². The number of thioether (sulfide) groups is 1. The summed E-state index contributed by atoms with van der Waals surface area (Å²) in [5.41, 5.74) is 1.11. The highest BCUT2D eigenvalue weighted by Crippen LogP contribution is 2.28. The van der Waals surface area contributed by atoms with Gasteiger partial charge in [-0.3, -0.25) is 0 Å². The van der Waals surface area contributed by atoms with Crippen LogP contribution in [0.15, 0.2) is 12.4 Å². The number of aromatic nitrogens is 2. The quantitative estimate of drug-likeness (QED) is 0.892. The zero-order valence-corrected chi connectivity index (χ0v) is 11.5. The Kier molecular flexibility index (Phi) is 4.66. The lowest BCUT2D eigenvalue weighted by Crippen LogP contribution is -2.28. The van der Waals surface area contributed by atoms with Crippen molar-refractivity contribution >= 4 is 17.6 Å². The minimum absolute atomic E-state index is 0.584. The largest absolute Gasteiger partial charge is 0.367 e. The first-order valence-electron chi connectivity index (χ1n) is 6.42. The van der Waals surface area contributed by atoms with Crippen molar-refractivity contribution in [1.29, 1.82) is 0 Å². The number of hydrogen-bond acceptors (Lipinski definition) is 4. The normalized spacial score (nSPS) is 24.6. The summed E-state index contributed by atoms with van der Waals surface area (Å²) in [4.78, 5) is 8.53. The highest BCUT2D eigenvalue weighted by atomic mass is 32.2. The minimum atomic E-state index is 0.584. The van der Waals surface area contributed by atoms with Gasteiger partial charge in [0.15, 0.2) is 0 Å². The molecular formula is C13H21N3S. The van der Waals surface area contributed by atoms with Crippen LogP contribution in [0.25, 0.3) is 0 Å². The molecule has 1 N–H and O–H groups in total. The third-order valence-corrected chi connectivity index (χ3v) is 4.49. The van der Waals surface area contributed by atoms with E-state index in [1.165, 1.54) is 25.7 Å². The zero-order chi connectivity index (χ0) is 12.1. The van der Waals surface area contributed by atoms with Gasteiger partial charge in [0, 0.05) is 23.1 Å². The van der Waals surface area contributed by atoms with Crippen molar-refractivity contribution in [3.63, 3.8) is 0 Å². The number of rotatable bonds is 4. The van der Waals surface area contributed by atoms with Gasteiger partial charge in [0.05, 0.1) is 0 Å². The van der Waals surface area contributed by atoms with Crippen LogP contribution in [-0.4, -0.2) is 27.5 Å². The number of aryl methyl sites for hydroxylation is 1. The van der Waals surface area contributed by atoms with Crippen molar-refractivity contribution in [3.05, 3.63) is 18.1 Å². The van der Waals surface area contributed by atoms with Gasteiger partial charge in [-0.25, -0.2) is 9.97 Å². The van der Waals surface area contributed by atoms with E-state index in [-0.39, 0.29) is 0 Å². The predicted molar refractivity (Wildman–Crippen MR) is 74.6 cm³/mol. The third kappa shape index (κ3) is 3.60. The summed E-state index contributed by atoms with van der Waals surface area (Å²) in [7, 11) is 0. The predicted octanol–water partition coefficient (Wildman–Crippen LogP) is 3.13. The monoisotopic (exact) mass is 251 g/mol. The Morgan fingerprint density at radius 2 is 2.29 bits per heavy atom. The Balaban J connectivity index is 1.95. The van der Waals surface area contributed by atoms with Crippen molar-refractivity contribution < 1.29 is 0 Å². The Morgan fingerprint density at radius 3 is 3.06 bits per heavy atom. The highest BCUT2D eigenvalue weighted by molar-refractivity contribution is 7.99. The molecule has 0 spiro atoms. The summed E-state index contributed by atoms with van der Waals surface area (Å²) in [5, 5.41) is 4.37.